The van der Waals surface area contributed by atoms with Crippen LogP contribution < -0.4 is 0 Å². The van der Waals surface area contributed by atoms with Gasteiger partial charge < -0.3 is 14.7 Å². The van der Waals surface area contributed by atoms with E-state index in [0.717, 1.165) is 24.8 Å². The summed E-state index contributed by atoms with van der Waals surface area (Å²) in [5.74, 6) is 0.0247. The van der Waals surface area contributed by atoms with Gasteiger partial charge in [-0.05, 0) is 30.9 Å². The van der Waals surface area contributed by atoms with E-state index in [0.29, 0.717) is 18.7 Å². The lowest BCUT2D eigenvalue weighted by atomic mass is 10.1. The van der Waals surface area contributed by atoms with E-state index in [2.05, 4.69) is 0 Å². The molecule has 0 aromatic heterocycles. The second-order valence-corrected chi connectivity index (χ2v) is 4.60. The molecule has 0 saturated carbocycles. The van der Waals surface area contributed by atoms with Crippen LogP contribution in [0.4, 0.5) is 0 Å². The Kier molecular flexibility index (Phi) is 7.15. The number of ether oxygens (including phenoxy) is 1. The Balaban J connectivity index is 2.60. The number of aliphatic hydroxyl groups excluding tert-OH is 1. The normalized spacial score (nSPS) is 10.5. The zero-order valence-corrected chi connectivity index (χ0v) is 11.8. The molecule has 0 spiro atoms. The summed E-state index contributed by atoms with van der Waals surface area (Å²) in [6.07, 6.45) is 2.64. The van der Waals surface area contributed by atoms with Crippen LogP contribution in [0, 0.1) is 0 Å². The van der Waals surface area contributed by atoms with Crippen molar-refractivity contribution in [3.05, 3.63) is 35.4 Å². The minimum atomic E-state index is 0.0247. The monoisotopic (exact) mass is 265 g/mol. The number of benzene rings is 1. The van der Waals surface area contributed by atoms with E-state index in [1.54, 1.807) is 12.0 Å². The lowest BCUT2D eigenvalue weighted by Crippen LogP contribution is -2.28. The van der Waals surface area contributed by atoms with E-state index in [1.165, 1.54) is 0 Å². The average molecular weight is 265 g/mol. The maximum absolute atomic E-state index is 12.3. The van der Waals surface area contributed by atoms with Gasteiger partial charge in [-0.25, -0.2) is 0 Å². The smallest absolute Gasteiger partial charge is 0.253 e. The number of nitrogens with zero attached hydrogens (tertiary/aromatic N) is 1. The third-order valence-corrected chi connectivity index (χ3v) is 3.05. The van der Waals surface area contributed by atoms with Crippen LogP contribution in [0.1, 0.15) is 35.2 Å². The summed E-state index contributed by atoms with van der Waals surface area (Å²) >= 11 is 0. The van der Waals surface area contributed by atoms with Crippen molar-refractivity contribution >= 4 is 5.91 Å². The van der Waals surface area contributed by atoms with Crippen LogP contribution in [0.2, 0.25) is 0 Å². The molecule has 1 N–H and O–H groups in total. The van der Waals surface area contributed by atoms with Crippen LogP contribution in [0.3, 0.4) is 0 Å². The van der Waals surface area contributed by atoms with Crippen LogP contribution in [0.15, 0.2) is 24.3 Å². The van der Waals surface area contributed by atoms with Gasteiger partial charge in [0.05, 0.1) is 6.61 Å². The molecule has 0 heterocycles. The summed E-state index contributed by atoms with van der Waals surface area (Å²) in [7, 11) is 3.44. The zero-order chi connectivity index (χ0) is 14.1. The number of methoxy groups -OCH3 is 1. The average Bonchev–Trinajstić information content (AvgIpc) is 2.43. The third kappa shape index (κ3) is 5.01. The van der Waals surface area contributed by atoms with Crippen molar-refractivity contribution in [2.45, 2.75) is 25.9 Å². The zero-order valence-electron chi connectivity index (χ0n) is 11.8. The molecule has 1 rings (SSSR count). The molecule has 0 aliphatic carbocycles. The quantitative estimate of drug-likeness (QED) is 0.732. The van der Waals surface area contributed by atoms with Crippen molar-refractivity contribution in [1.82, 2.24) is 4.90 Å². The van der Waals surface area contributed by atoms with E-state index in [1.807, 2.05) is 31.3 Å². The lowest BCUT2D eigenvalue weighted by Gasteiger charge is -2.18. The fraction of sp³-hybridized carbons (Fsp3) is 0.533. The lowest BCUT2D eigenvalue weighted by molar-refractivity contribution is 0.0787. The number of carbonyl (C=O) groups is 1. The van der Waals surface area contributed by atoms with E-state index in [-0.39, 0.29) is 12.5 Å². The van der Waals surface area contributed by atoms with Crippen LogP contribution in [0.25, 0.3) is 0 Å². The number of unbranched alkanes of at least 4 members (excludes halogenated alkanes) is 2. The van der Waals surface area contributed by atoms with Crippen molar-refractivity contribution in [3.63, 3.8) is 0 Å². The van der Waals surface area contributed by atoms with Gasteiger partial charge in [0.25, 0.3) is 5.91 Å². The fourth-order valence-corrected chi connectivity index (χ4v) is 1.96. The van der Waals surface area contributed by atoms with Crippen molar-refractivity contribution in [3.8, 4) is 0 Å². The standard InChI is InChI=1S/C15H23NO3/c1-16(10-6-3-7-11-17)15(18)14-9-5-4-8-13(14)12-19-2/h4-5,8-9,17H,3,6-7,10-12H2,1-2H3. The molecular weight excluding hydrogens is 242 g/mol. The number of aliphatic hydroxyl groups is 1. The first kappa shape index (κ1) is 15.7. The molecule has 106 valence electrons. The number of carbonyl (C=O) groups excluding carboxylic acids is 1. The van der Waals surface area contributed by atoms with Crippen LogP contribution in [-0.4, -0.2) is 43.2 Å². The summed E-state index contributed by atoms with van der Waals surface area (Å²) in [4.78, 5) is 14.1. The van der Waals surface area contributed by atoms with E-state index in [9.17, 15) is 4.79 Å². The SMILES string of the molecule is COCc1ccccc1C(=O)N(C)CCCCCO. The highest BCUT2D eigenvalue weighted by Crippen LogP contribution is 2.12. The molecule has 19 heavy (non-hydrogen) atoms. The van der Waals surface area contributed by atoms with Gasteiger partial charge in [-0.3, -0.25) is 4.79 Å². The van der Waals surface area contributed by atoms with Gasteiger partial charge in [0, 0.05) is 32.9 Å². The highest BCUT2D eigenvalue weighted by Gasteiger charge is 2.14. The Bertz CT molecular complexity index is 393. The van der Waals surface area contributed by atoms with Crippen molar-refractivity contribution in [1.29, 1.82) is 0 Å². The topological polar surface area (TPSA) is 49.8 Å². The van der Waals surface area contributed by atoms with Crippen LogP contribution in [-0.2, 0) is 11.3 Å². The first-order valence-electron chi connectivity index (χ1n) is 6.64. The third-order valence-electron chi connectivity index (χ3n) is 3.05. The molecule has 0 aliphatic heterocycles. The number of rotatable bonds is 8. The number of amides is 1. The molecule has 0 bridgehead atoms. The summed E-state index contributed by atoms with van der Waals surface area (Å²) in [6.45, 7) is 1.37. The molecule has 0 saturated heterocycles. The number of hydrogen-bond donors (Lipinski definition) is 1. The van der Waals surface area contributed by atoms with Gasteiger partial charge in [0.2, 0.25) is 0 Å². The van der Waals surface area contributed by atoms with Gasteiger partial charge in [0.15, 0.2) is 0 Å². The van der Waals surface area contributed by atoms with Crippen molar-refractivity contribution in [2.24, 2.45) is 0 Å². The molecule has 1 aromatic rings. The first-order chi connectivity index (χ1) is 9.20. The van der Waals surface area contributed by atoms with Gasteiger partial charge in [-0.15, -0.1) is 0 Å². The van der Waals surface area contributed by atoms with Gasteiger partial charge >= 0.3 is 0 Å². The highest BCUT2D eigenvalue weighted by atomic mass is 16.5. The molecule has 0 radical (unpaired) electrons. The molecule has 0 fully saturated rings. The Morgan fingerprint density at radius 2 is 2.00 bits per heavy atom. The second kappa shape index (κ2) is 8.67. The molecule has 4 nitrogen and oxygen atoms in total. The summed E-state index contributed by atoms with van der Waals surface area (Å²) in [5.41, 5.74) is 1.62. The Hall–Kier alpha value is -1.39. The Morgan fingerprint density at radius 3 is 2.68 bits per heavy atom. The van der Waals surface area contributed by atoms with Crippen molar-refractivity contribution < 1.29 is 14.6 Å². The van der Waals surface area contributed by atoms with Gasteiger partial charge in [-0.1, -0.05) is 18.2 Å². The first-order valence-corrected chi connectivity index (χ1v) is 6.64. The summed E-state index contributed by atoms with van der Waals surface area (Å²) < 4.78 is 5.11. The van der Waals surface area contributed by atoms with E-state index in [4.69, 9.17) is 9.84 Å². The minimum Gasteiger partial charge on any atom is -0.396 e. The summed E-state index contributed by atoms with van der Waals surface area (Å²) in [6, 6.07) is 7.52. The fourth-order valence-electron chi connectivity index (χ4n) is 1.96. The molecule has 1 amide bonds. The van der Waals surface area contributed by atoms with E-state index < -0.39 is 0 Å². The largest absolute Gasteiger partial charge is 0.396 e. The molecular formula is C15H23NO3. The second-order valence-electron chi connectivity index (χ2n) is 4.60. The maximum atomic E-state index is 12.3. The van der Waals surface area contributed by atoms with E-state index >= 15 is 0 Å². The predicted molar refractivity (Wildman–Crippen MR) is 75.1 cm³/mol. The van der Waals surface area contributed by atoms with Crippen molar-refractivity contribution in [2.75, 3.05) is 27.3 Å². The molecule has 0 aliphatic rings. The van der Waals surface area contributed by atoms with Gasteiger partial charge in [0.1, 0.15) is 0 Å². The molecule has 0 unspecified atom stereocenters. The van der Waals surface area contributed by atoms with Crippen LogP contribution >= 0.6 is 0 Å². The number of hydrogen-bond acceptors (Lipinski definition) is 3. The van der Waals surface area contributed by atoms with Crippen LogP contribution in [0.5, 0.6) is 0 Å². The molecule has 0 atom stereocenters. The molecule has 1 aromatic carbocycles. The Morgan fingerprint density at radius 1 is 1.26 bits per heavy atom. The maximum Gasteiger partial charge on any atom is 0.253 e. The Labute approximate surface area is 115 Å². The molecule has 4 heteroatoms. The van der Waals surface area contributed by atoms with Gasteiger partial charge in [-0.2, -0.15) is 0 Å². The summed E-state index contributed by atoms with van der Waals surface area (Å²) in [5, 5.41) is 8.72. The predicted octanol–water partition coefficient (Wildman–Crippen LogP) is 2.07. The minimum absolute atomic E-state index is 0.0247. The highest BCUT2D eigenvalue weighted by molar-refractivity contribution is 5.95.